The Balaban J connectivity index is 0.00000132. The second-order valence-electron chi connectivity index (χ2n) is 4.75. The first kappa shape index (κ1) is 14.2. The van der Waals surface area contributed by atoms with Crippen LogP contribution >= 0.6 is 23.7 Å². The van der Waals surface area contributed by atoms with Gasteiger partial charge in [0, 0.05) is 19.1 Å². The van der Waals surface area contributed by atoms with Crippen molar-refractivity contribution in [3.8, 4) is 10.6 Å². The lowest BCUT2D eigenvalue weighted by atomic mass is 10.1. The van der Waals surface area contributed by atoms with Crippen LogP contribution in [0, 0.1) is 0 Å². The Labute approximate surface area is 131 Å². The zero-order valence-corrected chi connectivity index (χ0v) is 12.9. The van der Waals surface area contributed by atoms with E-state index < -0.39 is 0 Å². The SMILES string of the molecule is CNC1CN(c2ncc(-c3cccs3)n3nnnc23)C1.Cl. The molecular formula is C12H14ClN7S. The predicted octanol–water partition coefficient (Wildman–Crippen LogP) is 1.08. The van der Waals surface area contributed by atoms with E-state index in [1.807, 2.05) is 30.8 Å². The number of thiophene rings is 1. The minimum Gasteiger partial charge on any atom is -0.350 e. The third-order valence-corrected chi connectivity index (χ3v) is 4.46. The molecule has 7 nitrogen and oxygen atoms in total. The van der Waals surface area contributed by atoms with Crippen LogP contribution in [-0.4, -0.2) is 51.2 Å². The Morgan fingerprint density at radius 3 is 2.95 bits per heavy atom. The molecule has 4 rings (SSSR count). The van der Waals surface area contributed by atoms with Gasteiger partial charge in [0.1, 0.15) is 5.69 Å². The van der Waals surface area contributed by atoms with Crippen molar-refractivity contribution in [1.29, 1.82) is 0 Å². The minimum absolute atomic E-state index is 0. The van der Waals surface area contributed by atoms with Gasteiger partial charge < -0.3 is 10.2 Å². The van der Waals surface area contributed by atoms with Gasteiger partial charge in [-0.05, 0) is 28.9 Å². The van der Waals surface area contributed by atoms with Crippen molar-refractivity contribution >= 4 is 35.2 Å². The number of rotatable bonds is 3. The summed E-state index contributed by atoms with van der Waals surface area (Å²) in [5, 5.41) is 17.3. The minimum atomic E-state index is 0. The normalized spacial score (nSPS) is 15.0. The molecule has 0 aliphatic carbocycles. The number of anilines is 1. The van der Waals surface area contributed by atoms with E-state index in [0.717, 1.165) is 29.5 Å². The maximum absolute atomic E-state index is 4.57. The lowest BCUT2D eigenvalue weighted by molar-refractivity contribution is 0.447. The summed E-state index contributed by atoms with van der Waals surface area (Å²) in [5.74, 6) is 0.849. The van der Waals surface area contributed by atoms with Crippen LogP contribution in [0.2, 0.25) is 0 Å². The van der Waals surface area contributed by atoms with E-state index in [4.69, 9.17) is 0 Å². The summed E-state index contributed by atoms with van der Waals surface area (Å²) in [5.41, 5.74) is 1.64. The van der Waals surface area contributed by atoms with Gasteiger partial charge in [-0.25, -0.2) is 4.98 Å². The third kappa shape index (κ3) is 2.25. The van der Waals surface area contributed by atoms with Crippen molar-refractivity contribution in [3.63, 3.8) is 0 Å². The van der Waals surface area contributed by atoms with Crippen LogP contribution in [0.5, 0.6) is 0 Å². The van der Waals surface area contributed by atoms with Gasteiger partial charge in [-0.3, -0.25) is 0 Å². The summed E-state index contributed by atoms with van der Waals surface area (Å²) >= 11 is 1.65. The van der Waals surface area contributed by atoms with Gasteiger partial charge in [0.2, 0.25) is 5.65 Å². The molecule has 0 aromatic carbocycles. The monoisotopic (exact) mass is 323 g/mol. The maximum Gasteiger partial charge on any atom is 0.222 e. The van der Waals surface area contributed by atoms with Gasteiger partial charge in [0.05, 0.1) is 11.1 Å². The van der Waals surface area contributed by atoms with Gasteiger partial charge in [-0.1, -0.05) is 6.07 Å². The molecule has 9 heteroatoms. The zero-order chi connectivity index (χ0) is 13.5. The number of nitrogens with zero attached hydrogens (tertiary/aromatic N) is 6. The molecular weight excluding hydrogens is 310 g/mol. The molecule has 110 valence electrons. The van der Waals surface area contributed by atoms with Crippen molar-refractivity contribution in [3.05, 3.63) is 23.7 Å². The van der Waals surface area contributed by atoms with Crippen LogP contribution < -0.4 is 10.2 Å². The fraction of sp³-hybridized carbons (Fsp3) is 0.333. The number of hydrogen-bond acceptors (Lipinski definition) is 7. The molecule has 1 aliphatic rings. The van der Waals surface area contributed by atoms with Crippen LogP contribution in [-0.2, 0) is 0 Å². The van der Waals surface area contributed by atoms with E-state index >= 15 is 0 Å². The topological polar surface area (TPSA) is 71.2 Å². The van der Waals surface area contributed by atoms with Gasteiger partial charge in [-0.15, -0.1) is 28.8 Å². The number of nitrogens with one attached hydrogen (secondary N) is 1. The molecule has 0 saturated carbocycles. The summed E-state index contributed by atoms with van der Waals surface area (Å²) in [6.45, 7) is 1.87. The van der Waals surface area contributed by atoms with Crippen molar-refractivity contribution < 1.29 is 0 Å². The first-order valence-corrected chi connectivity index (χ1v) is 7.28. The van der Waals surface area contributed by atoms with Crippen LogP contribution in [0.1, 0.15) is 0 Å². The second kappa shape index (κ2) is 5.55. The van der Waals surface area contributed by atoms with Crippen molar-refractivity contribution in [2.45, 2.75) is 6.04 Å². The van der Waals surface area contributed by atoms with Crippen LogP contribution in [0.3, 0.4) is 0 Å². The highest BCUT2D eigenvalue weighted by atomic mass is 35.5. The van der Waals surface area contributed by atoms with Crippen LogP contribution in [0.4, 0.5) is 5.82 Å². The van der Waals surface area contributed by atoms with Gasteiger partial charge in [0.25, 0.3) is 0 Å². The predicted molar refractivity (Wildman–Crippen MR) is 84.2 cm³/mol. The van der Waals surface area contributed by atoms with Gasteiger partial charge in [0.15, 0.2) is 5.82 Å². The summed E-state index contributed by atoms with van der Waals surface area (Å²) in [7, 11) is 1.98. The molecule has 3 aromatic heterocycles. The number of likely N-dealkylation sites (N-methyl/N-ethyl adjacent to an activating group) is 1. The van der Waals surface area contributed by atoms with E-state index in [1.54, 1.807) is 15.9 Å². The number of aromatic nitrogens is 5. The highest BCUT2D eigenvalue weighted by Crippen LogP contribution is 2.28. The Bertz CT molecular complexity index is 735. The number of fused-ring (bicyclic) bond motifs is 1. The summed E-state index contributed by atoms with van der Waals surface area (Å²) in [4.78, 5) is 7.86. The largest absolute Gasteiger partial charge is 0.350 e. The molecule has 0 radical (unpaired) electrons. The molecule has 4 heterocycles. The highest BCUT2D eigenvalue weighted by molar-refractivity contribution is 7.13. The number of halogens is 1. The van der Waals surface area contributed by atoms with E-state index in [0.29, 0.717) is 11.7 Å². The lowest BCUT2D eigenvalue weighted by Crippen LogP contribution is -2.57. The van der Waals surface area contributed by atoms with Crippen molar-refractivity contribution in [2.24, 2.45) is 0 Å². The molecule has 1 saturated heterocycles. The first-order chi connectivity index (χ1) is 9.86. The van der Waals surface area contributed by atoms with Crippen molar-refractivity contribution in [1.82, 2.24) is 30.3 Å². The molecule has 0 amide bonds. The lowest BCUT2D eigenvalue weighted by Gasteiger charge is -2.39. The average molecular weight is 324 g/mol. The summed E-state index contributed by atoms with van der Waals surface area (Å²) in [6.07, 6.45) is 1.84. The first-order valence-electron chi connectivity index (χ1n) is 6.40. The van der Waals surface area contributed by atoms with Crippen LogP contribution in [0.15, 0.2) is 23.7 Å². The number of tetrazole rings is 1. The molecule has 0 unspecified atom stereocenters. The van der Waals surface area contributed by atoms with E-state index in [2.05, 4.69) is 30.7 Å². The van der Waals surface area contributed by atoms with Crippen molar-refractivity contribution in [2.75, 3.05) is 25.0 Å². The Hall–Kier alpha value is -1.77. The highest BCUT2D eigenvalue weighted by Gasteiger charge is 2.29. The standard InChI is InChI=1S/C12H13N7S.ClH/c1-13-8-6-18(7-8)11-12-15-16-17-19(12)9(5-14-11)10-3-2-4-20-10;/h2-5,8,13H,6-7H2,1H3;1H. The molecule has 1 N–H and O–H groups in total. The summed E-state index contributed by atoms with van der Waals surface area (Å²) in [6, 6.07) is 4.57. The molecule has 1 aliphatic heterocycles. The fourth-order valence-electron chi connectivity index (χ4n) is 2.37. The van der Waals surface area contributed by atoms with E-state index in [9.17, 15) is 0 Å². The van der Waals surface area contributed by atoms with E-state index in [-0.39, 0.29) is 12.4 Å². The molecule has 0 atom stereocenters. The smallest absolute Gasteiger partial charge is 0.222 e. The fourth-order valence-corrected chi connectivity index (χ4v) is 3.09. The zero-order valence-electron chi connectivity index (χ0n) is 11.3. The Morgan fingerprint density at radius 2 is 2.24 bits per heavy atom. The molecule has 0 spiro atoms. The quantitative estimate of drug-likeness (QED) is 0.777. The molecule has 1 fully saturated rings. The summed E-state index contributed by atoms with van der Waals surface area (Å²) < 4.78 is 1.76. The van der Waals surface area contributed by atoms with Crippen LogP contribution in [0.25, 0.3) is 16.2 Å². The second-order valence-corrected chi connectivity index (χ2v) is 5.70. The molecule has 3 aromatic rings. The third-order valence-electron chi connectivity index (χ3n) is 3.57. The molecule has 0 bridgehead atoms. The number of hydrogen-bond donors (Lipinski definition) is 1. The van der Waals surface area contributed by atoms with Gasteiger partial charge >= 0.3 is 0 Å². The average Bonchev–Trinajstić information content (AvgIpc) is 3.09. The molecule has 21 heavy (non-hydrogen) atoms. The van der Waals surface area contributed by atoms with Gasteiger partial charge in [-0.2, -0.15) is 4.52 Å². The van der Waals surface area contributed by atoms with E-state index in [1.165, 1.54) is 0 Å². The Morgan fingerprint density at radius 1 is 1.38 bits per heavy atom. The Kier molecular flexibility index (Phi) is 3.75. The maximum atomic E-state index is 4.57.